The third-order valence-electron chi connectivity index (χ3n) is 4.00. The van der Waals surface area contributed by atoms with Crippen molar-refractivity contribution in [2.45, 2.75) is 12.0 Å². The number of aliphatic hydroxyl groups is 1. The molecule has 2 aliphatic rings. The van der Waals surface area contributed by atoms with Crippen LogP contribution in [0.1, 0.15) is 6.42 Å². The maximum absolute atomic E-state index is 12.2. The highest BCUT2D eigenvalue weighted by Crippen LogP contribution is 2.35. The van der Waals surface area contributed by atoms with Gasteiger partial charge in [0.15, 0.2) is 18.1 Å². The van der Waals surface area contributed by atoms with E-state index in [1.165, 1.54) is 0 Å². The van der Waals surface area contributed by atoms with Crippen LogP contribution in [0.2, 0.25) is 0 Å². The van der Waals surface area contributed by atoms with Gasteiger partial charge in [-0.3, -0.25) is 4.79 Å². The minimum Gasteiger partial charge on any atom is -0.484 e. The number of hydrogen-bond donors (Lipinski definition) is 1. The highest BCUT2D eigenvalue weighted by molar-refractivity contribution is 5.78. The molecule has 0 radical (unpaired) electrons. The quantitative estimate of drug-likeness (QED) is 0.842. The van der Waals surface area contributed by atoms with E-state index in [0.717, 1.165) is 0 Å². The first-order valence-electron chi connectivity index (χ1n) is 7.63. The SMILES string of the molecule is CN(C)CC1(O)CCN(C(=O)COc2ccc3c(c2)OCO3)C1. The van der Waals surface area contributed by atoms with E-state index in [4.69, 9.17) is 14.2 Å². The summed E-state index contributed by atoms with van der Waals surface area (Å²) in [6.07, 6.45) is 0.584. The van der Waals surface area contributed by atoms with Crippen LogP contribution < -0.4 is 14.2 Å². The smallest absolute Gasteiger partial charge is 0.260 e. The Labute approximate surface area is 135 Å². The zero-order valence-corrected chi connectivity index (χ0v) is 13.4. The molecule has 1 unspecified atom stereocenters. The predicted molar refractivity (Wildman–Crippen MR) is 82.8 cm³/mol. The largest absolute Gasteiger partial charge is 0.484 e. The molecule has 1 saturated heterocycles. The molecule has 1 N–H and O–H groups in total. The Balaban J connectivity index is 1.52. The van der Waals surface area contributed by atoms with Crippen LogP contribution in [-0.2, 0) is 4.79 Å². The number of hydrogen-bond acceptors (Lipinski definition) is 6. The first-order valence-corrected chi connectivity index (χ1v) is 7.63. The van der Waals surface area contributed by atoms with Crippen molar-refractivity contribution in [1.82, 2.24) is 9.80 Å². The van der Waals surface area contributed by atoms with E-state index in [1.807, 2.05) is 19.0 Å². The van der Waals surface area contributed by atoms with Crippen LogP contribution in [0.5, 0.6) is 17.2 Å². The van der Waals surface area contributed by atoms with E-state index in [2.05, 4.69) is 0 Å². The second-order valence-electron chi connectivity index (χ2n) is 6.33. The highest BCUT2D eigenvalue weighted by atomic mass is 16.7. The number of carbonyl (C=O) groups excluding carboxylic acids is 1. The van der Waals surface area contributed by atoms with Crippen LogP contribution in [-0.4, -0.2) is 73.5 Å². The summed E-state index contributed by atoms with van der Waals surface area (Å²) in [5.41, 5.74) is -0.835. The lowest BCUT2D eigenvalue weighted by Crippen LogP contribution is -2.44. The minimum absolute atomic E-state index is 0.0578. The number of likely N-dealkylation sites (N-methyl/N-ethyl adjacent to an activating group) is 1. The summed E-state index contributed by atoms with van der Waals surface area (Å²) in [5, 5.41) is 10.5. The molecule has 0 spiro atoms. The molecule has 0 aliphatic carbocycles. The molecule has 2 heterocycles. The van der Waals surface area contributed by atoms with E-state index in [0.29, 0.717) is 43.3 Å². The molecule has 0 saturated carbocycles. The summed E-state index contributed by atoms with van der Waals surface area (Å²) >= 11 is 0. The molecule has 1 aromatic carbocycles. The van der Waals surface area contributed by atoms with Crippen molar-refractivity contribution in [2.75, 3.05) is 47.1 Å². The van der Waals surface area contributed by atoms with Crippen LogP contribution in [0.25, 0.3) is 0 Å². The van der Waals surface area contributed by atoms with Gasteiger partial charge in [-0.2, -0.15) is 0 Å². The van der Waals surface area contributed by atoms with Gasteiger partial charge < -0.3 is 29.1 Å². The van der Waals surface area contributed by atoms with Crippen LogP contribution >= 0.6 is 0 Å². The number of fused-ring (bicyclic) bond motifs is 1. The summed E-state index contributed by atoms with van der Waals surface area (Å²) in [6, 6.07) is 5.21. The molecule has 7 nitrogen and oxygen atoms in total. The Morgan fingerprint density at radius 2 is 2.17 bits per heavy atom. The first kappa shape index (κ1) is 15.9. The number of ether oxygens (including phenoxy) is 3. The van der Waals surface area contributed by atoms with Crippen LogP contribution in [0, 0.1) is 0 Å². The van der Waals surface area contributed by atoms with Crippen molar-refractivity contribution >= 4 is 5.91 Å². The molecule has 1 atom stereocenters. The maximum atomic E-state index is 12.2. The molecule has 1 aromatic rings. The average molecular weight is 322 g/mol. The summed E-state index contributed by atoms with van der Waals surface area (Å²) < 4.78 is 16.0. The lowest BCUT2D eigenvalue weighted by atomic mass is 10.0. The number of β-amino-alcohol motifs (C(OH)–C–C–N with tert-alkyl or cyclic N) is 1. The molecule has 23 heavy (non-hydrogen) atoms. The van der Waals surface area contributed by atoms with Gasteiger partial charge in [0.05, 0.1) is 12.1 Å². The van der Waals surface area contributed by atoms with Gasteiger partial charge in [-0.15, -0.1) is 0 Å². The molecule has 1 amide bonds. The topological polar surface area (TPSA) is 71.5 Å². The van der Waals surface area contributed by atoms with Gasteiger partial charge in [0.25, 0.3) is 5.91 Å². The van der Waals surface area contributed by atoms with Crippen molar-refractivity contribution in [3.8, 4) is 17.2 Å². The summed E-state index contributed by atoms with van der Waals surface area (Å²) in [6.45, 7) is 1.58. The molecular weight excluding hydrogens is 300 g/mol. The zero-order valence-electron chi connectivity index (χ0n) is 13.4. The van der Waals surface area contributed by atoms with Crippen LogP contribution in [0.15, 0.2) is 18.2 Å². The van der Waals surface area contributed by atoms with E-state index in [1.54, 1.807) is 23.1 Å². The van der Waals surface area contributed by atoms with E-state index < -0.39 is 5.60 Å². The maximum Gasteiger partial charge on any atom is 0.260 e. The van der Waals surface area contributed by atoms with Gasteiger partial charge in [-0.05, 0) is 32.6 Å². The lowest BCUT2D eigenvalue weighted by Gasteiger charge is -2.26. The van der Waals surface area contributed by atoms with E-state index in [9.17, 15) is 9.90 Å². The number of benzene rings is 1. The van der Waals surface area contributed by atoms with Gasteiger partial charge in [0.1, 0.15) is 5.75 Å². The minimum atomic E-state index is -0.835. The molecule has 3 rings (SSSR count). The molecule has 126 valence electrons. The van der Waals surface area contributed by atoms with Gasteiger partial charge in [-0.1, -0.05) is 0 Å². The van der Waals surface area contributed by atoms with Crippen LogP contribution in [0.4, 0.5) is 0 Å². The highest BCUT2D eigenvalue weighted by Gasteiger charge is 2.38. The van der Waals surface area contributed by atoms with Crippen molar-refractivity contribution < 1.29 is 24.1 Å². The Morgan fingerprint density at radius 1 is 1.39 bits per heavy atom. The van der Waals surface area contributed by atoms with Crippen LogP contribution in [0.3, 0.4) is 0 Å². The Bertz CT molecular complexity index is 592. The Morgan fingerprint density at radius 3 is 2.96 bits per heavy atom. The summed E-state index contributed by atoms with van der Waals surface area (Å²) in [5.74, 6) is 1.73. The summed E-state index contributed by atoms with van der Waals surface area (Å²) in [7, 11) is 3.82. The van der Waals surface area contributed by atoms with Gasteiger partial charge >= 0.3 is 0 Å². The van der Waals surface area contributed by atoms with Crippen molar-refractivity contribution in [3.05, 3.63) is 18.2 Å². The lowest BCUT2D eigenvalue weighted by molar-refractivity contribution is -0.133. The standard InChI is InChI=1S/C16H22N2O5/c1-17(2)9-16(20)5-6-18(10-16)15(19)8-21-12-3-4-13-14(7-12)23-11-22-13/h3-4,7,20H,5-6,8-11H2,1-2H3. The number of rotatable bonds is 5. The van der Waals surface area contributed by atoms with E-state index in [-0.39, 0.29) is 19.3 Å². The molecule has 0 bridgehead atoms. The molecule has 1 fully saturated rings. The number of nitrogens with zero attached hydrogens (tertiary/aromatic N) is 2. The normalized spacial score (nSPS) is 22.7. The van der Waals surface area contributed by atoms with Gasteiger partial charge in [-0.25, -0.2) is 0 Å². The fourth-order valence-electron chi connectivity index (χ4n) is 2.99. The van der Waals surface area contributed by atoms with Gasteiger partial charge in [0.2, 0.25) is 6.79 Å². The third-order valence-corrected chi connectivity index (χ3v) is 4.00. The van der Waals surface area contributed by atoms with Crippen molar-refractivity contribution in [1.29, 1.82) is 0 Å². The second-order valence-corrected chi connectivity index (χ2v) is 6.33. The Hall–Kier alpha value is -1.99. The first-order chi connectivity index (χ1) is 11.0. The molecular formula is C16H22N2O5. The summed E-state index contributed by atoms with van der Waals surface area (Å²) in [4.78, 5) is 15.8. The number of likely N-dealkylation sites (tertiary alicyclic amines) is 1. The molecule has 7 heteroatoms. The number of amides is 1. The second kappa shape index (κ2) is 6.25. The van der Waals surface area contributed by atoms with Crippen molar-refractivity contribution in [2.24, 2.45) is 0 Å². The average Bonchev–Trinajstić information content (AvgIpc) is 3.10. The number of carbonyl (C=O) groups is 1. The monoisotopic (exact) mass is 322 g/mol. The molecule has 2 aliphatic heterocycles. The van der Waals surface area contributed by atoms with Crippen molar-refractivity contribution in [3.63, 3.8) is 0 Å². The van der Waals surface area contributed by atoms with Gasteiger partial charge in [0, 0.05) is 19.2 Å². The fourth-order valence-corrected chi connectivity index (χ4v) is 2.99. The molecule has 0 aromatic heterocycles. The third kappa shape index (κ3) is 3.68. The Kier molecular flexibility index (Phi) is 4.32. The zero-order chi connectivity index (χ0) is 16.4. The van der Waals surface area contributed by atoms with E-state index >= 15 is 0 Å². The fraction of sp³-hybridized carbons (Fsp3) is 0.562. The predicted octanol–water partition coefficient (Wildman–Crippen LogP) is 0.319.